The zero-order chi connectivity index (χ0) is 13.8. The summed E-state index contributed by atoms with van der Waals surface area (Å²) in [6, 6.07) is 16.0. The lowest BCUT2D eigenvalue weighted by molar-refractivity contribution is 1.11. The molecule has 2 rings (SSSR count). The van der Waals surface area contributed by atoms with Crippen LogP contribution in [0, 0.1) is 8.98 Å². The van der Waals surface area contributed by atoms with Gasteiger partial charge in [-0.05, 0) is 52.8 Å². The SMILES string of the molecule is CCc1ccccc1N(C(=N)N)c1ccccc1I. The highest BCUT2D eigenvalue weighted by Crippen LogP contribution is 2.31. The van der Waals surface area contributed by atoms with Crippen molar-refractivity contribution in [2.24, 2.45) is 5.73 Å². The first kappa shape index (κ1) is 13.9. The molecule has 0 atom stereocenters. The van der Waals surface area contributed by atoms with Gasteiger partial charge >= 0.3 is 0 Å². The molecule has 0 aliphatic carbocycles. The number of nitrogens with zero attached hydrogens (tertiary/aromatic N) is 1. The van der Waals surface area contributed by atoms with E-state index in [2.05, 4.69) is 35.6 Å². The monoisotopic (exact) mass is 365 g/mol. The van der Waals surface area contributed by atoms with Crippen LogP contribution in [0.15, 0.2) is 48.5 Å². The Kier molecular flexibility index (Phi) is 4.42. The van der Waals surface area contributed by atoms with Crippen molar-refractivity contribution in [3.8, 4) is 0 Å². The highest BCUT2D eigenvalue weighted by molar-refractivity contribution is 14.1. The number of para-hydroxylation sites is 2. The lowest BCUT2D eigenvalue weighted by atomic mass is 10.1. The van der Waals surface area contributed by atoms with Gasteiger partial charge in [-0.25, -0.2) is 0 Å². The molecule has 3 N–H and O–H groups in total. The summed E-state index contributed by atoms with van der Waals surface area (Å²) in [4.78, 5) is 1.79. The Morgan fingerprint density at radius 2 is 1.68 bits per heavy atom. The molecule has 2 aromatic rings. The fourth-order valence-corrected chi connectivity index (χ4v) is 2.68. The average molecular weight is 365 g/mol. The lowest BCUT2D eigenvalue weighted by Crippen LogP contribution is -2.33. The van der Waals surface area contributed by atoms with Crippen molar-refractivity contribution >= 4 is 39.9 Å². The summed E-state index contributed by atoms with van der Waals surface area (Å²) in [6.07, 6.45) is 0.906. The summed E-state index contributed by atoms with van der Waals surface area (Å²) in [5.74, 6) is 0.0324. The van der Waals surface area contributed by atoms with Crippen LogP contribution in [-0.2, 0) is 6.42 Å². The molecule has 0 heterocycles. The number of guanidine groups is 1. The quantitative estimate of drug-likeness (QED) is 0.493. The van der Waals surface area contributed by atoms with Gasteiger partial charge in [-0.2, -0.15) is 0 Å². The van der Waals surface area contributed by atoms with Gasteiger partial charge in [0.05, 0.1) is 11.4 Å². The summed E-state index contributed by atoms with van der Waals surface area (Å²) < 4.78 is 1.07. The first-order chi connectivity index (χ1) is 9.15. The first-order valence-electron chi connectivity index (χ1n) is 6.11. The molecule has 0 fully saturated rings. The predicted molar refractivity (Wildman–Crippen MR) is 89.0 cm³/mol. The zero-order valence-electron chi connectivity index (χ0n) is 10.7. The molecule has 0 radical (unpaired) electrons. The highest BCUT2D eigenvalue weighted by atomic mass is 127. The van der Waals surface area contributed by atoms with Gasteiger partial charge in [0, 0.05) is 3.57 Å². The van der Waals surface area contributed by atoms with E-state index in [0.29, 0.717) is 0 Å². The minimum Gasteiger partial charge on any atom is -0.369 e. The van der Waals surface area contributed by atoms with Crippen LogP contribution in [0.1, 0.15) is 12.5 Å². The van der Waals surface area contributed by atoms with Crippen molar-refractivity contribution in [2.45, 2.75) is 13.3 Å². The number of hydrogen-bond acceptors (Lipinski definition) is 1. The molecule has 0 aromatic heterocycles. The van der Waals surface area contributed by atoms with Crippen LogP contribution >= 0.6 is 22.6 Å². The Hall–Kier alpha value is -1.56. The van der Waals surface area contributed by atoms with Crippen LogP contribution in [0.3, 0.4) is 0 Å². The number of aryl methyl sites for hydroxylation is 1. The van der Waals surface area contributed by atoms with Crippen LogP contribution in [0.25, 0.3) is 0 Å². The summed E-state index contributed by atoms with van der Waals surface area (Å²) in [5.41, 5.74) is 8.89. The molecular weight excluding hydrogens is 349 g/mol. The van der Waals surface area contributed by atoms with E-state index in [1.807, 2.05) is 42.5 Å². The Labute approximate surface area is 127 Å². The Bertz CT molecular complexity index is 595. The standard InChI is InChI=1S/C15H16IN3/c1-2-11-7-3-5-9-13(11)19(15(17)18)14-10-6-4-8-12(14)16/h3-10H,2H2,1H3,(H3,17,18). The molecule has 4 heteroatoms. The van der Waals surface area contributed by atoms with E-state index in [1.165, 1.54) is 5.56 Å². The molecule has 0 aliphatic heterocycles. The highest BCUT2D eigenvalue weighted by Gasteiger charge is 2.17. The minimum atomic E-state index is 0.0324. The second kappa shape index (κ2) is 6.06. The van der Waals surface area contributed by atoms with Crippen LogP contribution in [0.5, 0.6) is 0 Å². The third-order valence-electron chi connectivity index (χ3n) is 2.95. The maximum Gasteiger partial charge on any atom is 0.197 e. The second-order valence-electron chi connectivity index (χ2n) is 4.15. The summed E-state index contributed by atoms with van der Waals surface area (Å²) in [6.45, 7) is 2.10. The number of rotatable bonds is 3. The van der Waals surface area contributed by atoms with E-state index in [9.17, 15) is 0 Å². The van der Waals surface area contributed by atoms with Crippen LogP contribution in [-0.4, -0.2) is 5.96 Å². The Morgan fingerprint density at radius 1 is 1.11 bits per heavy atom. The van der Waals surface area contributed by atoms with Crippen LogP contribution < -0.4 is 10.6 Å². The average Bonchev–Trinajstić information content (AvgIpc) is 2.41. The third kappa shape index (κ3) is 2.89. The minimum absolute atomic E-state index is 0.0324. The van der Waals surface area contributed by atoms with Crippen LogP contribution in [0.4, 0.5) is 11.4 Å². The maximum atomic E-state index is 7.90. The second-order valence-corrected chi connectivity index (χ2v) is 5.32. The van der Waals surface area contributed by atoms with E-state index < -0.39 is 0 Å². The number of anilines is 2. The number of halogens is 1. The van der Waals surface area contributed by atoms with Crippen molar-refractivity contribution in [2.75, 3.05) is 4.90 Å². The van der Waals surface area contributed by atoms with Crippen LogP contribution in [0.2, 0.25) is 0 Å². The lowest BCUT2D eigenvalue weighted by Gasteiger charge is -2.26. The van der Waals surface area contributed by atoms with E-state index in [1.54, 1.807) is 4.90 Å². The van der Waals surface area contributed by atoms with Gasteiger partial charge in [0.25, 0.3) is 0 Å². The fraction of sp³-hybridized carbons (Fsp3) is 0.133. The molecule has 2 aromatic carbocycles. The molecule has 0 spiro atoms. The largest absolute Gasteiger partial charge is 0.369 e. The number of benzene rings is 2. The Balaban J connectivity index is 2.59. The van der Waals surface area contributed by atoms with Gasteiger partial charge in [-0.1, -0.05) is 37.3 Å². The summed E-state index contributed by atoms with van der Waals surface area (Å²) in [5, 5.41) is 7.90. The molecule has 0 aliphatic rings. The van der Waals surface area contributed by atoms with Gasteiger partial charge in [0.15, 0.2) is 5.96 Å². The molecule has 98 valence electrons. The van der Waals surface area contributed by atoms with Gasteiger partial charge in [-0.15, -0.1) is 0 Å². The predicted octanol–water partition coefficient (Wildman–Crippen LogP) is 3.89. The smallest absolute Gasteiger partial charge is 0.197 e. The van der Waals surface area contributed by atoms with Gasteiger partial charge in [0.2, 0.25) is 0 Å². The molecule has 0 bridgehead atoms. The van der Waals surface area contributed by atoms with Crippen molar-refractivity contribution < 1.29 is 0 Å². The topological polar surface area (TPSA) is 53.1 Å². The Morgan fingerprint density at radius 3 is 2.26 bits per heavy atom. The van der Waals surface area contributed by atoms with Crippen molar-refractivity contribution in [3.05, 3.63) is 57.7 Å². The summed E-state index contributed by atoms with van der Waals surface area (Å²) >= 11 is 2.27. The fourth-order valence-electron chi connectivity index (χ4n) is 2.05. The molecule has 3 nitrogen and oxygen atoms in total. The van der Waals surface area contributed by atoms with Crippen molar-refractivity contribution in [1.82, 2.24) is 0 Å². The van der Waals surface area contributed by atoms with E-state index in [-0.39, 0.29) is 5.96 Å². The van der Waals surface area contributed by atoms with Gasteiger partial charge in [-0.3, -0.25) is 10.3 Å². The zero-order valence-corrected chi connectivity index (χ0v) is 12.9. The third-order valence-corrected chi connectivity index (χ3v) is 3.86. The number of nitrogens with one attached hydrogen (secondary N) is 1. The first-order valence-corrected chi connectivity index (χ1v) is 7.19. The van der Waals surface area contributed by atoms with Gasteiger partial charge in [0.1, 0.15) is 0 Å². The van der Waals surface area contributed by atoms with E-state index in [4.69, 9.17) is 11.1 Å². The number of hydrogen-bond donors (Lipinski definition) is 2. The molecule has 0 saturated carbocycles. The normalized spacial score (nSPS) is 10.2. The number of nitrogens with two attached hydrogens (primary N) is 1. The molecule has 19 heavy (non-hydrogen) atoms. The van der Waals surface area contributed by atoms with Crippen molar-refractivity contribution in [3.63, 3.8) is 0 Å². The molecule has 0 unspecified atom stereocenters. The maximum absolute atomic E-state index is 7.90. The molecule has 0 saturated heterocycles. The van der Waals surface area contributed by atoms with E-state index in [0.717, 1.165) is 21.4 Å². The summed E-state index contributed by atoms with van der Waals surface area (Å²) in [7, 11) is 0. The van der Waals surface area contributed by atoms with E-state index >= 15 is 0 Å². The molecule has 0 amide bonds. The van der Waals surface area contributed by atoms with Gasteiger partial charge < -0.3 is 5.73 Å². The van der Waals surface area contributed by atoms with Crippen molar-refractivity contribution in [1.29, 1.82) is 5.41 Å². The molecular formula is C15H16IN3.